The number of carboxylic acids is 1. The van der Waals surface area contributed by atoms with Crippen molar-refractivity contribution in [2.24, 2.45) is 5.73 Å². The van der Waals surface area contributed by atoms with Crippen molar-refractivity contribution in [2.75, 3.05) is 0 Å². The van der Waals surface area contributed by atoms with E-state index < -0.39 is 5.97 Å². The number of nitrogens with two attached hydrogens (primary N) is 1. The van der Waals surface area contributed by atoms with Crippen LogP contribution in [0.5, 0.6) is 0 Å². The van der Waals surface area contributed by atoms with Gasteiger partial charge in [0, 0.05) is 18.2 Å². The molecule has 16 heavy (non-hydrogen) atoms. The van der Waals surface area contributed by atoms with Gasteiger partial charge in [0.05, 0.1) is 5.69 Å². The largest absolute Gasteiger partial charge is 0.481 e. The summed E-state index contributed by atoms with van der Waals surface area (Å²) < 4.78 is 0. The molecule has 5 heteroatoms. The minimum absolute atomic E-state index is 0.100. The first-order valence-corrected chi connectivity index (χ1v) is 5.72. The summed E-state index contributed by atoms with van der Waals surface area (Å²) in [5, 5.41) is 15.9. The molecule has 4 N–H and O–H groups in total. The molecule has 0 fully saturated rings. The van der Waals surface area contributed by atoms with E-state index >= 15 is 0 Å². The number of carbonyl (C=O) groups is 1. The number of fused-ring (bicyclic) bond motifs is 1. The average Bonchev–Trinajstić information content (AvgIpc) is 2.69. The molecule has 0 radical (unpaired) electrons. The van der Waals surface area contributed by atoms with Gasteiger partial charge in [0.15, 0.2) is 0 Å². The van der Waals surface area contributed by atoms with Gasteiger partial charge < -0.3 is 10.8 Å². The molecule has 0 aromatic carbocycles. The molecule has 0 spiro atoms. The lowest BCUT2D eigenvalue weighted by atomic mass is 9.93. The Hall–Kier alpha value is -1.36. The van der Waals surface area contributed by atoms with Gasteiger partial charge in [-0.3, -0.25) is 9.89 Å². The molecule has 1 unspecified atom stereocenters. The van der Waals surface area contributed by atoms with Crippen LogP contribution in [0, 0.1) is 0 Å². The average molecular weight is 223 g/mol. The first-order chi connectivity index (χ1) is 7.68. The van der Waals surface area contributed by atoms with Crippen molar-refractivity contribution in [2.45, 2.75) is 44.6 Å². The van der Waals surface area contributed by atoms with Crippen LogP contribution in [-0.4, -0.2) is 21.3 Å². The van der Waals surface area contributed by atoms with Crippen LogP contribution in [0.1, 0.15) is 48.7 Å². The van der Waals surface area contributed by atoms with Crippen molar-refractivity contribution < 1.29 is 9.90 Å². The van der Waals surface area contributed by atoms with Crippen LogP contribution >= 0.6 is 0 Å². The molecular formula is C11H17N3O2. The number of aromatic amines is 1. The summed E-state index contributed by atoms with van der Waals surface area (Å²) >= 11 is 0. The Morgan fingerprint density at radius 3 is 3.00 bits per heavy atom. The van der Waals surface area contributed by atoms with Crippen LogP contribution in [0.25, 0.3) is 0 Å². The van der Waals surface area contributed by atoms with E-state index in [1.54, 1.807) is 0 Å². The molecule has 1 aromatic heterocycles. The zero-order valence-electron chi connectivity index (χ0n) is 9.20. The summed E-state index contributed by atoms with van der Waals surface area (Å²) in [4.78, 5) is 10.5. The fraction of sp³-hybridized carbons (Fsp3) is 0.636. The van der Waals surface area contributed by atoms with Crippen molar-refractivity contribution in [3.8, 4) is 0 Å². The van der Waals surface area contributed by atoms with Crippen molar-refractivity contribution in [1.82, 2.24) is 10.2 Å². The van der Waals surface area contributed by atoms with Crippen molar-refractivity contribution in [3.05, 3.63) is 17.0 Å². The van der Waals surface area contributed by atoms with Crippen LogP contribution in [0.2, 0.25) is 0 Å². The Kier molecular flexibility index (Phi) is 3.24. The fourth-order valence-electron chi connectivity index (χ4n) is 2.23. The van der Waals surface area contributed by atoms with Crippen LogP contribution in [0.3, 0.4) is 0 Å². The Balaban J connectivity index is 2.08. The van der Waals surface area contributed by atoms with Gasteiger partial charge in [0.2, 0.25) is 0 Å². The third kappa shape index (κ3) is 2.24. The van der Waals surface area contributed by atoms with E-state index in [-0.39, 0.29) is 12.5 Å². The maximum Gasteiger partial charge on any atom is 0.303 e. The SMILES string of the molecule is NC(CCC(=O)O)c1n[nH]c2c1CCCC2. The first-order valence-electron chi connectivity index (χ1n) is 5.72. The van der Waals surface area contributed by atoms with Crippen LogP contribution < -0.4 is 5.73 Å². The number of aliphatic carboxylic acids is 1. The molecule has 1 aliphatic carbocycles. The normalized spacial score (nSPS) is 16.8. The van der Waals surface area contributed by atoms with E-state index in [1.165, 1.54) is 24.1 Å². The molecule has 1 aromatic rings. The van der Waals surface area contributed by atoms with E-state index in [2.05, 4.69) is 10.2 Å². The minimum Gasteiger partial charge on any atom is -0.481 e. The molecule has 0 bridgehead atoms. The van der Waals surface area contributed by atoms with E-state index in [0.717, 1.165) is 18.5 Å². The number of aryl methyl sites for hydroxylation is 1. The summed E-state index contributed by atoms with van der Waals surface area (Å²) in [6.07, 6.45) is 4.97. The number of H-pyrrole nitrogens is 1. The number of aromatic nitrogens is 2. The number of carboxylic acid groups (broad SMARTS) is 1. The fourth-order valence-corrected chi connectivity index (χ4v) is 2.23. The van der Waals surface area contributed by atoms with Crippen molar-refractivity contribution >= 4 is 5.97 Å². The molecule has 88 valence electrons. The third-order valence-corrected chi connectivity index (χ3v) is 3.11. The molecule has 0 saturated heterocycles. The van der Waals surface area contributed by atoms with Gasteiger partial charge >= 0.3 is 5.97 Å². The molecular weight excluding hydrogens is 206 g/mol. The Bertz CT molecular complexity index is 387. The predicted molar refractivity (Wildman–Crippen MR) is 59.0 cm³/mol. The Morgan fingerprint density at radius 2 is 2.25 bits per heavy atom. The summed E-state index contributed by atoms with van der Waals surface area (Å²) in [5.74, 6) is -0.806. The van der Waals surface area contributed by atoms with Gasteiger partial charge in [-0.1, -0.05) is 0 Å². The maximum atomic E-state index is 10.5. The highest BCUT2D eigenvalue weighted by Gasteiger charge is 2.21. The minimum atomic E-state index is -0.806. The van der Waals surface area contributed by atoms with Gasteiger partial charge in [-0.25, -0.2) is 0 Å². The topological polar surface area (TPSA) is 92.0 Å². The summed E-state index contributed by atoms with van der Waals surface area (Å²) in [5.41, 5.74) is 9.25. The monoisotopic (exact) mass is 223 g/mol. The van der Waals surface area contributed by atoms with Gasteiger partial charge in [-0.05, 0) is 37.7 Å². The van der Waals surface area contributed by atoms with E-state index in [9.17, 15) is 4.79 Å². The molecule has 0 amide bonds. The standard InChI is InChI=1S/C11H17N3O2/c12-8(5-6-10(15)16)11-7-3-1-2-4-9(7)13-14-11/h8H,1-6,12H2,(H,13,14)(H,15,16). The highest BCUT2D eigenvalue weighted by Crippen LogP contribution is 2.26. The molecule has 2 rings (SSSR count). The summed E-state index contributed by atoms with van der Waals surface area (Å²) in [6, 6.07) is -0.255. The van der Waals surface area contributed by atoms with Gasteiger partial charge in [0.25, 0.3) is 0 Å². The molecule has 0 saturated carbocycles. The zero-order chi connectivity index (χ0) is 11.5. The van der Waals surface area contributed by atoms with Gasteiger partial charge in [-0.15, -0.1) is 0 Å². The van der Waals surface area contributed by atoms with Crippen LogP contribution in [0.15, 0.2) is 0 Å². The molecule has 1 aliphatic rings. The van der Waals surface area contributed by atoms with Crippen molar-refractivity contribution in [3.63, 3.8) is 0 Å². The lowest BCUT2D eigenvalue weighted by Gasteiger charge is -2.14. The molecule has 0 aliphatic heterocycles. The summed E-state index contributed by atoms with van der Waals surface area (Å²) in [7, 11) is 0. The Labute approximate surface area is 94.0 Å². The highest BCUT2D eigenvalue weighted by atomic mass is 16.4. The van der Waals surface area contributed by atoms with Gasteiger partial charge in [-0.2, -0.15) is 5.10 Å². The van der Waals surface area contributed by atoms with Crippen LogP contribution in [0.4, 0.5) is 0 Å². The molecule has 1 heterocycles. The lowest BCUT2D eigenvalue weighted by Crippen LogP contribution is -2.15. The zero-order valence-corrected chi connectivity index (χ0v) is 9.20. The third-order valence-electron chi connectivity index (χ3n) is 3.11. The summed E-state index contributed by atoms with van der Waals surface area (Å²) in [6.45, 7) is 0. The first kappa shape index (κ1) is 11.1. The number of hydrogen-bond donors (Lipinski definition) is 3. The predicted octanol–water partition coefficient (Wildman–Crippen LogP) is 1.15. The second-order valence-electron chi connectivity index (χ2n) is 4.31. The number of nitrogens with zero attached hydrogens (tertiary/aromatic N) is 1. The van der Waals surface area contributed by atoms with Gasteiger partial charge in [0.1, 0.15) is 0 Å². The van der Waals surface area contributed by atoms with E-state index in [1.807, 2.05) is 0 Å². The number of hydrogen-bond acceptors (Lipinski definition) is 3. The maximum absolute atomic E-state index is 10.5. The second-order valence-corrected chi connectivity index (χ2v) is 4.31. The van der Waals surface area contributed by atoms with Crippen LogP contribution in [-0.2, 0) is 17.6 Å². The lowest BCUT2D eigenvalue weighted by molar-refractivity contribution is -0.137. The second kappa shape index (κ2) is 4.65. The quantitative estimate of drug-likeness (QED) is 0.714. The number of rotatable bonds is 4. The van der Waals surface area contributed by atoms with Crippen molar-refractivity contribution in [1.29, 1.82) is 0 Å². The number of nitrogens with one attached hydrogen (secondary N) is 1. The van der Waals surface area contributed by atoms with E-state index in [0.29, 0.717) is 6.42 Å². The highest BCUT2D eigenvalue weighted by molar-refractivity contribution is 5.66. The molecule has 1 atom stereocenters. The Morgan fingerprint density at radius 1 is 1.50 bits per heavy atom. The molecule has 5 nitrogen and oxygen atoms in total. The smallest absolute Gasteiger partial charge is 0.303 e. The van der Waals surface area contributed by atoms with E-state index in [4.69, 9.17) is 10.8 Å².